The smallest absolute Gasteiger partial charge is 0.107 e. The number of aromatic nitrogens is 2. The van der Waals surface area contributed by atoms with Crippen molar-refractivity contribution in [3.8, 4) is 0 Å². The van der Waals surface area contributed by atoms with Gasteiger partial charge in [0, 0.05) is 36.9 Å². The van der Waals surface area contributed by atoms with Gasteiger partial charge in [-0.2, -0.15) is 0 Å². The highest BCUT2D eigenvalue weighted by Crippen LogP contribution is 2.08. The fourth-order valence-corrected chi connectivity index (χ4v) is 1.60. The van der Waals surface area contributed by atoms with Crippen LogP contribution < -0.4 is 5.32 Å². The predicted molar refractivity (Wildman–Crippen MR) is 65.5 cm³/mol. The molecule has 2 N–H and O–H groups in total. The summed E-state index contributed by atoms with van der Waals surface area (Å²) in [6, 6.07) is 7.88. The maximum absolute atomic E-state index is 5.81. The Kier molecular flexibility index (Phi) is 3.97. The van der Waals surface area contributed by atoms with Crippen LogP contribution in [0, 0.1) is 0 Å². The van der Waals surface area contributed by atoms with Gasteiger partial charge in [-0.1, -0.05) is 23.7 Å². The zero-order valence-corrected chi connectivity index (χ0v) is 9.67. The molecule has 0 saturated heterocycles. The lowest BCUT2D eigenvalue weighted by atomic mass is 10.2. The molecule has 0 aliphatic heterocycles. The Hall–Kier alpha value is -1.32. The van der Waals surface area contributed by atoms with Gasteiger partial charge in [-0.25, -0.2) is 4.98 Å². The summed E-state index contributed by atoms with van der Waals surface area (Å²) in [4.78, 5) is 7.23. The first-order valence-electron chi connectivity index (χ1n) is 5.28. The summed E-state index contributed by atoms with van der Waals surface area (Å²) in [6.45, 7) is 1.77. The van der Waals surface area contributed by atoms with Crippen molar-refractivity contribution < 1.29 is 0 Å². The van der Waals surface area contributed by atoms with Gasteiger partial charge in [0.1, 0.15) is 5.82 Å². The van der Waals surface area contributed by atoms with Crippen LogP contribution in [0.25, 0.3) is 0 Å². The zero-order valence-electron chi connectivity index (χ0n) is 8.91. The molecule has 0 spiro atoms. The fraction of sp³-hybridized carbons (Fsp3) is 0.250. The van der Waals surface area contributed by atoms with Crippen molar-refractivity contribution in [3.05, 3.63) is 53.1 Å². The van der Waals surface area contributed by atoms with Gasteiger partial charge in [-0.05, 0) is 17.7 Å². The summed E-state index contributed by atoms with van der Waals surface area (Å²) in [6.07, 6.45) is 4.53. The molecule has 3 nitrogen and oxygen atoms in total. The Morgan fingerprint density at radius 1 is 1.25 bits per heavy atom. The minimum absolute atomic E-state index is 0.777. The van der Waals surface area contributed by atoms with Crippen LogP contribution in [0.3, 0.4) is 0 Å². The molecule has 1 aromatic heterocycles. The molecule has 0 unspecified atom stereocenters. The van der Waals surface area contributed by atoms with Crippen LogP contribution in [0.4, 0.5) is 0 Å². The maximum Gasteiger partial charge on any atom is 0.107 e. The highest BCUT2D eigenvalue weighted by Gasteiger charge is 1.95. The number of aromatic amines is 1. The number of halogens is 1. The molecule has 0 aliphatic carbocycles. The molecular weight excluding hydrogens is 222 g/mol. The minimum atomic E-state index is 0.777. The van der Waals surface area contributed by atoms with Gasteiger partial charge in [0.25, 0.3) is 0 Å². The number of hydrogen-bond donors (Lipinski definition) is 2. The van der Waals surface area contributed by atoms with Crippen molar-refractivity contribution in [2.45, 2.75) is 13.0 Å². The van der Waals surface area contributed by atoms with E-state index in [0.717, 1.165) is 30.4 Å². The summed E-state index contributed by atoms with van der Waals surface area (Å²) in [7, 11) is 0. The number of imidazole rings is 1. The van der Waals surface area contributed by atoms with Crippen LogP contribution in [0.1, 0.15) is 11.4 Å². The van der Waals surface area contributed by atoms with Gasteiger partial charge in [0.15, 0.2) is 0 Å². The summed E-state index contributed by atoms with van der Waals surface area (Å²) in [5.74, 6) is 1.02. The number of benzene rings is 1. The summed E-state index contributed by atoms with van der Waals surface area (Å²) in [5, 5.41) is 4.13. The number of nitrogens with zero attached hydrogens (tertiary/aromatic N) is 1. The first kappa shape index (κ1) is 11.2. The Morgan fingerprint density at radius 3 is 2.75 bits per heavy atom. The third-order valence-electron chi connectivity index (χ3n) is 2.34. The van der Waals surface area contributed by atoms with Crippen LogP contribution in [-0.2, 0) is 13.0 Å². The first-order valence-corrected chi connectivity index (χ1v) is 5.66. The SMILES string of the molecule is Clc1ccc(CNCCc2ncc[nH]2)cc1. The molecule has 1 aromatic carbocycles. The van der Waals surface area contributed by atoms with Gasteiger partial charge in [0.2, 0.25) is 0 Å². The van der Waals surface area contributed by atoms with E-state index in [0.29, 0.717) is 0 Å². The van der Waals surface area contributed by atoms with E-state index in [-0.39, 0.29) is 0 Å². The Labute approximate surface area is 99.9 Å². The van der Waals surface area contributed by atoms with Crippen LogP contribution in [0.2, 0.25) is 5.02 Å². The molecule has 16 heavy (non-hydrogen) atoms. The standard InChI is InChI=1S/C12H14ClN3/c13-11-3-1-10(2-4-11)9-14-6-5-12-15-7-8-16-12/h1-4,7-8,14H,5-6,9H2,(H,15,16). The lowest BCUT2D eigenvalue weighted by molar-refractivity contribution is 0.674. The molecule has 0 amide bonds. The molecule has 0 bridgehead atoms. The molecule has 0 saturated carbocycles. The quantitative estimate of drug-likeness (QED) is 0.782. The third kappa shape index (κ3) is 3.36. The van der Waals surface area contributed by atoms with E-state index in [4.69, 9.17) is 11.6 Å². The number of hydrogen-bond acceptors (Lipinski definition) is 2. The Bertz CT molecular complexity index is 408. The van der Waals surface area contributed by atoms with Gasteiger partial charge in [0.05, 0.1) is 0 Å². The van der Waals surface area contributed by atoms with E-state index in [2.05, 4.69) is 15.3 Å². The van der Waals surface area contributed by atoms with Crippen molar-refractivity contribution in [3.63, 3.8) is 0 Å². The van der Waals surface area contributed by atoms with E-state index in [1.165, 1.54) is 5.56 Å². The van der Waals surface area contributed by atoms with Crippen molar-refractivity contribution in [1.29, 1.82) is 0 Å². The van der Waals surface area contributed by atoms with Gasteiger partial charge >= 0.3 is 0 Å². The topological polar surface area (TPSA) is 40.7 Å². The zero-order chi connectivity index (χ0) is 11.2. The van der Waals surface area contributed by atoms with Crippen LogP contribution >= 0.6 is 11.6 Å². The molecular formula is C12H14ClN3. The van der Waals surface area contributed by atoms with Crippen molar-refractivity contribution >= 4 is 11.6 Å². The second kappa shape index (κ2) is 5.68. The molecule has 84 valence electrons. The average molecular weight is 236 g/mol. The van der Waals surface area contributed by atoms with Gasteiger partial charge in [-0.15, -0.1) is 0 Å². The molecule has 0 radical (unpaired) electrons. The fourth-order valence-electron chi connectivity index (χ4n) is 1.48. The van der Waals surface area contributed by atoms with Crippen LogP contribution in [0.5, 0.6) is 0 Å². The second-order valence-corrected chi connectivity index (χ2v) is 4.03. The monoisotopic (exact) mass is 235 g/mol. The highest BCUT2D eigenvalue weighted by molar-refractivity contribution is 6.30. The maximum atomic E-state index is 5.81. The van der Waals surface area contributed by atoms with Crippen molar-refractivity contribution in [2.24, 2.45) is 0 Å². The predicted octanol–water partition coefficient (Wildman–Crippen LogP) is 2.40. The van der Waals surface area contributed by atoms with E-state index in [1.807, 2.05) is 30.5 Å². The van der Waals surface area contributed by atoms with E-state index >= 15 is 0 Å². The average Bonchev–Trinajstić information content (AvgIpc) is 2.80. The molecule has 2 rings (SSSR count). The Balaban J connectivity index is 1.70. The molecule has 1 heterocycles. The molecule has 2 aromatic rings. The third-order valence-corrected chi connectivity index (χ3v) is 2.59. The van der Waals surface area contributed by atoms with Crippen molar-refractivity contribution in [1.82, 2.24) is 15.3 Å². The van der Waals surface area contributed by atoms with E-state index in [1.54, 1.807) is 6.20 Å². The largest absolute Gasteiger partial charge is 0.349 e. The normalized spacial score (nSPS) is 10.6. The number of nitrogens with one attached hydrogen (secondary N) is 2. The summed E-state index contributed by atoms with van der Waals surface area (Å²) >= 11 is 5.81. The van der Waals surface area contributed by atoms with E-state index in [9.17, 15) is 0 Å². The Morgan fingerprint density at radius 2 is 2.06 bits per heavy atom. The molecule has 4 heteroatoms. The highest BCUT2D eigenvalue weighted by atomic mass is 35.5. The molecule has 0 atom stereocenters. The number of rotatable bonds is 5. The summed E-state index contributed by atoms with van der Waals surface area (Å²) in [5.41, 5.74) is 1.24. The van der Waals surface area contributed by atoms with Crippen LogP contribution in [-0.4, -0.2) is 16.5 Å². The van der Waals surface area contributed by atoms with Gasteiger partial charge < -0.3 is 10.3 Å². The molecule has 0 fully saturated rings. The number of H-pyrrole nitrogens is 1. The summed E-state index contributed by atoms with van der Waals surface area (Å²) < 4.78 is 0. The lowest BCUT2D eigenvalue weighted by Gasteiger charge is -2.03. The first-order chi connectivity index (χ1) is 7.84. The molecule has 0 aliphatic rings. The minimum Gasteiger partial charge on any atom is -0.349 e. The van der Waals surface area contributed by atoms with Crippen molar-refractivity contribution in [2.75, 3.05) is 6.54 Å². The second-order valence-electron chi connectivity index (χ2n) is 3.59. The van der Waals surface area contributed by atoms with Gasteiger partial charge in [-0.3, -0.25) is 0 Å². The van der Waals surface area contributed by atoms with E-state index < -0.39 is 0 Å². The van der Waals surface area contributed by atoms with Crippen LogP contribution in [0.15, 0.2) is 36.7 Å². The lowest BCUT2D eigenvalue weighted by Crippen LogP contribution is -2.17.